The van der Waals surface area contributed by atoms with Gasteiger partial charge in [0.1, 0.15) is 0 Å². The van der Waals surface area contributed by atoms with Gasteiger partial charge < -0.3 is 10.2 Å². The number of hydrogen-bond acceptors (Lipinski definition) is 2. The van der Waals surface area contributed by atoms with Gasteiger partial charge in [0.2, 0.25) is 5.91 Å². The third-order valence-electron chi connectivity index (χ3n) is 2.26. The molecule has 0 aliphatic heterocycles. The maximum atomic E-state index is 12.1. The standard InChI is InChI=1S/C12H14BrClN2O2/c1-3-15-11(17)7-16(2)12(18)9-6-8(14)4-5-10(9)13/h4-6H,3,7H2,1-2H3,(H,15,17). The van der Waals surface area contributed by atoms with E-state index < -0.39 is 0 Å². The Morgan fingerprint density at radius 3 is 2.72 bits per heavy atom. The van der Waals surface area contributed by atoms with Crippen molar-refractivity contribution < 1.29 is 9.59 Å². The third kappa shape index (κ3) is 3.99. The van der Waals surface area contributed by atoms with E-state index >= 15 is 0 Å². The highest BCUT2D eigenvalue weighted by atomic mass is 79.9. The van der Waals surface area contributed by atoms with Crippen LogP contribution >= 0.6 is 27.5 Å². The zero-order valence-corrected chi connectivity index (χ0v) is 12.5. The Labute approximate surface area is 119 Å². The molecule has 0 atom stereocenters. The summed E-state index contributed by atoms with van der Waals surface area (Å²) in [4.78, 5) is 24.9. The summed E-state index contributed by atoms with van der Waals surface area (Å²) in [6.07, 6.45) is 0. The summed E-state index contributed by atoms with van der Waals surface area (Å²) in [7, 11) is 1.57. The average Bonchev–Trinajstić information content (AvgIpc) is 2.31. The highest BCUT2D eigenvalue weighted by Crippen LogP contribution is 2.22. The Kier molecular flexibility index (Phi) is 5.62. The number of nitrogens with one attached hydrogen (secondary N) is 1. The van der Waals surface area contributed by atoms with Gasteiger partial charge in [-0.05, 0) is 41.1 Å². The fourth-order valence-electron chi connectivity index (χ4n) is 1.41. The molecule has 0 fully saturated rings. The molecule has 0 unspecified atom stereocenters. The minimum absolute atomic E-state index is 0.0195. The van der Waals surface area contributed by atoms with Gasteiger partial charge in [0, 0.05) is 23.1 Å². The highest BCUT2D eigenvalue weighted by Gasteiger charge is 2.17. The Balaban J connectivity index is 2.80. The molecular formula is C12H14BrClN2O2. The van der Waals surface area contributed by atoms with Crippen molar-refractivity contribution in [1.29, 1.82) is 0 Å². The predicted molar refractivity (Wildman–Crippen MR) is 74.8 cm³/mol. The first-order valence-electron chi connectivity index (χ1n) is 5.43. The summed E-state index contributed by atoms with van der Waals surface area (Å²) in [6, 6.07) is 4.96. The van der Waals surface area contributed by atoms with Crippen molar-refractivity contribution >= 4 is 39.3 Å². The number of nitrogens with zero attached hydrogens (tertiary/aromatic N) is 1. The first-order chi connectivity index (χ1) is 8.45. The van der Waals surface area contributed by atoms with Crippen molar-refractivity contribution in [2.45, 2.75) is 6.92 Å². The van der Waals surface area contributed by atoms with Crippen LogP contribution in [0, 0.1) is 0 Å². The SMILES string of the molecule is CCNC(=O)CN(C)C(=O)c1cc(Cl)ccc1Br. The van der Waals surface area contributed by atoms with Gasteiger partial charge in [-0.3, -0.25) is 9.59 Å². The van der Waals surface area contributed by atoms with Crippen molar-refractivity contribution in [2.24, 2.45) is 0 Å². The smallest absolute Gasteiger partial charge is 0.255 e. The van der Waals surface area contributed by atoms with Gasteiger partial charge >= 0.3 is 0 Å². The first-order valence-corrected chi connectivity index (χ1v) is 6.60. The van der Waals surface area contributed by atoms with E-state index in [1.165, 1.54) is 4.90 Å². The summed E-state index contributed by atoms with van der Waals surface area (Å²) in [5.41, 5.74) is 0.439. The molecule has 0 saturated heterocycles. The number of hydrogen-bond donors (Lipinski definition) is 1. The van der Waals surface area contributed by atoms with Crippen LogP contribution in [-0.4, -0.2) is 36.9 Å². The molecular weight excluding hydrogens is 320 g/mol. The van der Waals surface area contributed by atoms with Gasteiger partial charge in [-0.1, -0.05) is 11.6 Å². The van der Waals surface area contributed by atoms with Crippen molar-refractivity contribution in [3.63, 3.8) is 0 Å². The second-order valence-electron chi connectivity index (χ2n) is 3.74. The van der Waals surface area contributed by atoms with Crippen molar-refractivity contribution in [2.75, 3.05) is 20.1 Å². The number of rotatable bonds is 4. The van der Waals surface area contributed by atoms with E-state index in [2.05, 4.69) is 21.2 Å². The van der Waals surface area contributed by atoms with E-state index in [9.17, 15) is 9.59 Å². The molecule has 0 bridgehead atoms. The maximum Gasteiger partial charge on any atom is 0.255 e. The summed E-state index contributed by atoms with van der Waals surface area (Å²) in [5.74, 6) is -0.442. The van der Waals surface area contributed by atoms with Crippen LogP contribution in [0.2, 0.25) is 5.02 Å². The second kappa shape index (κ2) is 6.75. The topological polar surface area (TPSA) is 49.4 Å². The van der Waals surface area contributed by atoms with E-state index in [0.717, 1.165) is 0 Å². The van der Waals surface area contributed by atoms with E-state index in [-0.39, 0.29) is 18.4 Å². The van der Waals surface area contributed by atoms with Crippen LogP contribution in [0.1, 0.15) is 17.3 Å². The third-order valence-corrected chi connectivity index (χ3v) is 3.19. The lowest BCUT2D eigenvalue weighted by molar-refractivity contribution is -0.121. The molecule has 0 saturated carbocycles. The number of likely N-dealkylation sites (N-methyl/N-ethyl adjacent to an activating group) is 2. The molecule has 0 aliphatic carbocycles. The monoisotopic (exact) mass is 332 g/mol. The van der Waals surface area contributed by atoms with Crippen LogP contribution < -0.4 is 5.32 Å². The number of carbonyl (C=O) groups excluding carboxylic acids is 2. The maximum absolute atomic E-state index is 12.1. The van der Waals surface area contributed by atoms with E-state index in [1.54, 1.807) is 25.2 Å². The molecule has 98 valence electrons. The minimum Gasteiger partial charge on any atom is -0.355 e. The van der Waals surface area contributed by atoms with Gasteiger partial charge in [0.25, 0.3) is 5.91 Å². The molecule has 4 nitrogen and oxygen atoms in total. The lowest BCUT2D eigenvalue weighted by atomic mass is 10.2. The van der Waals surface area contributed by atoms with Crippen LogP contribution in [0.3, 0.4) is 0 Å². The van der Waals surface area contributed by atoms with E-state index in [0.29, 0.717) is 21.6 Å². The first kappa shape index (κ1) is 15.0. The summed E-state index contributed by atoms with van der Waals surface area (Å²) in [5, 5.41) is 3.12. The number of amides is 2. The molecule has 0 heterocycles. The Bertz CT molecular complexity index is 465. The molecule has 0 aromatic heterocycles. The number of carbonyl (C=O) groups is 2. The zero-order chi connectivity index (χ0) is 13.7. The van der Waals surface area contributed by atoms with E-state index in [1.807, 2.05) is 6.92 Å². The molecule has 6 heteroatoms. The van der Waals surface area contributed by atoms with Crippen molar-refractivity contribution in [3.8, 4) is 0 Å². The quantitative estimate of drug-likeness (QED) is 0.919. The molecule has 1 rings (SSSR count). The van der Waals surface area contributed by atoms with Gasteiger partial charge in [-0.2, -0.15) is 0 Å². The molecule has 0 spiro atoms. The van der Waals surface area contributed by atoms with E-state index in [4.69, 9.17) is 11.6 Å². The summed E-state index contributed by atoms with van der Waals surface area (Å²) < 4.78 is 0.652. The molecule has 0 radical (unpaired) electrons. The molecule has 18 heavy (non-hydrogen) atoms. The second-order valence-corrected chi connectivity index (χ2v) is 5.03. The molecule has 1 N–H and O–H groups in total. The van der Waals surface area contributed by atoms with Crippen LogP contribution in [-0.2, 0) is 4.79 Å². The number of benzene rings is 1. The highest BCUT2D eigenvalue weighted by molar-refractivity contribution is 9.10. The Hall–Kier alpha value is -1.07. The van der Waals surface area contributed by atoms with Crippen molar-refractivity contribution in [1.82, 2.24) is 10.2 Å². The Morgan fingerprint density at radius 2 is 2.11 bits per heavy atom. The normalized spacial score (nSPS) is 10.0. The molecule has 1 aromatic rings. The predicted octanol–water partition coefficient (Wildman–Crippen LogP) is 2.31. The van der Waals surface area contributed by atoms with Crippen molar-refractivity contribution in [3.05, 3.63) is 33.3 Å². The molecule has 0 aliphatic rings. The van der Waals surface area contributed by atoms with Gasteiger partial charge in [0.15, 0.2) is 0 Å². The van der Waals surface area contributed by atoms with Gasteiger partial charge in [-0.25, -0.2) is 0 Å². The minimum atomic E-state index is -0.254. The largest absolute Gasteiger partial charge is 0.355 e. The molecule has 2 amide bonds. The fraction of sp³-hybridized carbons (Fsp3) is 0.333. The van der Waals surface area contributed by atoms with Crippen LogP contribution in [0.15, 0.2) is 22.7 Å². The van der Waals surface area contributed by atoms with Gasteiger partial charge in [0.05, 0.1) is 12.1 Å². The average molecular weight is 334 g/mol. The molecule has 1 aromatic carbocycles. The Morgan fingerprint density at radius 1 is 1.44 bits per heavy atom. The fourth-order valence-corrected chi connectivity index (χ4v) is 2.00. The van der Waals surface area contributed by atoms with Gasteiger partial charge in [-0.15, -0.1) is 0 Å². The van der Waals surface area contributed by atoms with Crippen LogP contribution in [0.4, 0.5) is 0 Å². The lowest BCUT2D eigenvalue weighted by Gasteiger charge is -2.17. The van der Waals surface area contributed by atoms with Crippen LogP contribution in [0.5, 0.6) is 0 Å². The lowest BCUT2D eigenvalue weighted by Crippen LogP contribution is -2.38. The summed E-state index contributed by atoms with van der Waals surface area (Å²) in [6.45, 7) is 2.39. The zero-order valence-electron chi connectivity index (χ0n) is 10.2. The number of halogens is 2. The summed E-state index contributed by atoms with van der Waals surface area (Å²) >= 11 is 9.14. The van der Waals surface area contributed by atoms with Crippen LogP contribution in [0.25, 0.3) is 0 Å².